The number of fused-ring (bicyclic) bond motifs is 2. The van der Waals surface area contributed by atoms with Crippen molar-refractivity contribution in [1.82, 2.24) is 0 Å². The molecule has 0 spiro atoms. The van der Waals surface area contributed by atoms with E-state index in [0.29, 0.717) is 0 Å². The molecule has 4 aromatic rings. The largest absolute Gasteiger partial charge is 0.168 e. The molecule has 0 amide bonds. The molecule has 2 saturated carbocycles. The van der Waals surface area contributed by atoms with E-state index in [4.69, 9.17) is 17.0 Å². The average Bonchev–Trinajstić information content (AvgIpc) is 3.57. The number of benzene rings is 2. The molecule has 34 heavy (non-hydrogen) atoms. The van der Waals surface area contributed by atoms with E-state index in [0.717, 1.165) is 0 Å². The summed E-state index contributed by atoms with van der Waals surface area (Å²) in [5, 5.41) is 5.32. The SMILES string of the molecule is [CH-]1CCCCC1.[CH-]1CCCCC1.[Si]=[Zr]([Cl])[Cl].c1ccc2[cH-]ccc2c1.c1ccc2[cH-]ccc2c1. The molecule has 0 bridgehead atoms. The first-order valence-corrected chi connectivity index (χ1v) is 22.9. The van der Waals surface area contributed by atoms with Gasteiger partial charge in [-0.05, 0) is 0 Å². The van der Waals surface area contributed by atoms with E-state index in [1.165, 1.54) is 85.8 Å². The van der Waals surface area contributed by atoms with Gasteiger partial charge in [0.15, 0.2) is 0 Å². The summed E-state index contributed by atoms with van der Waals surface area (Å²) in [6.07, 6.45) is 19.0. The third-order valence-corrected chi connectivity index (χ3v) is 5.73. The summed E-state index contributed by atoms with van der Waals surface area (Å²) in [6.45, 7) is 3.04. The van der Waals surface area contributed by atoms with E-state index in [1.54, 1.807) is 0 Å². The van der Waals surface area contributed by atoms with Crippen molar-refractivity contribution in [1.29, 1.82) is 0 Å². The summed E-state index contributed by atoms with van der Waals surface area (Å²) in [5.41, 5.74) is 0. The fourth-order valence-electron chi connectivity index (χ4n) is 3.94. The van der Waals surface area contributed by atoms with Crippen molar-refractivity contribution in [3.8, 4) is 0 Å². The van der Waals surface area contributed by atoms with Gasteiger partial charge >= 0.3 is 41.9 Å². The Bertz CT molecular complexity index is 863. The Morgan fingerprint density at radius 2 is 0.912 bits per heavy atom. The van der Waals surface area contributed by atoms with Crippen LogP contribution in [-0.2, 0) is 18.0 Å². The van der Waals surface area contributed by atoms with Gasteiger partial charge in [0.05, 0.1) is 0 Å². The number of hydrogen-bond donors (Lipinski definition) is 0. The molecule has 2 radical (unpaired) electrons. The van der Waals surface area contributed by atoms with E-state index < -0.39 is 18.0 Å². The maximum absolute atomic E-state index is 5.15. The molecule has 6 rings (SSSR count). The summed E-state index contributed by atoms with van der Waals surface area (Å²) < 4.78 is 0. The molecule has 0 unspecified atom stereocenters. The van der Waals surface area contributed by atoms with Crippen molar-refractivity contribution < 1.29 is 18.0 Å². The molecule has 4 heteroatoms. The molecule has 0 saturated heterocycles. The van der Waals surface area contributed by atoms with Crippen LogP contribution in [0.3, 0.4) is 0 Å². The van der Waals surface area contributed by atoms with Crippen LogP contribution < -0.4 is 0 Å². The van der Waals surface area contributed by atoms with E-state index in [1.807, 2.05) is 0 Å². The van der Waals surface area contributed by atoms with Crippen molar-refractivity contribution in [2.24, 2.45) is 0 Å². The summed E-state index contributed by atoms with van der Waals surface area (Å²) in [5.74, 6) is 0. The van der Waals surface area contributed by atoms with Crippen LogP contribution in [0.1, 0.15) is 64.2 Å². The maximum Gasteiger partial charge on any atom is -0.0809 e. The maximum atomic E-state index is 5.15. The molecule has 182 valence electrons. The van der Waals surface area contributed by atoms with Gasteiger partial charge in [0.1, 0.15) is 0 Å². The number of rotatable bonds is 0. The predicted molar refractivity (Wildman–Crippen MR) is 151 cm³/mol. The Kier molecular flexibility index (Phi) is 17.0. The van der Waals surface area contributed by atoms with E-state index >= 15 is 0 Å². The molecule has 0 aliphatic heterocycles. The van der Waals surface area contributed by atoms with Gasteiger partial charge < -0.3 is 12.8 Å². The fraction of sp³-hybridized carbons (Fsp3) is 0.333. The Labute approximate surface area is 223 Å². The Balaban J connectivity index is 0.000000155. The van der Waals surface area contributed by atoms with Gasteiger partial charge in [-0.25, -0.2) is 0 Å². The summed E-state index contributed by atoms with van der Waals surface area (Å²) >= 11 is -1.79. The zero-order valence-electron chi connectivity index (χ0n) is 20.1. The average molecular weight is 587 g/mol. The van der Waals surface area contributed by atoms with Gasteiger partial charge in [-0.2, -0.15) is 60.7 Å². The van der Waals surface area contributed by atoms with Crippen molar-refractivity contribution in [3.63, 3.8) is 0 Å². The number of halogens is 2. The minimum Gasteiger partial charge on any atom is -0.168 e. The smallest absolute Gasteiger partial charge is 0.0809 e. The second kappa shape index (κ2) is 19.5. The molecule has 2 aliphatic rings. The van der Waals surface area contributed by atoms with Gasteiger partial charge in [0.2, 0.25) is 0 Å². The quantitative estimate of drug-likeness (QED) is 0.142. The Morgan fingerprint density at radius 3 is 1.18 bits per heavy atom. The molecule has 2 fully saturated rings. The first kappa shape index (κ1) is 29.6. The van der Waals surface area contributed by atoms with E-state index in [-0.39, 0.29) is 0 Å². The molecule has 0 heterocycles. The molecular weight excluding hydrogens is 551 g/mol. The van der Waals surface area contributed by atoms with Crippen LogP contribution in [0, 0.1) is 12.8 Å². The predicted octanol–water partition coefficient (Wildman–Crippen LogP) is 10.4. The molecule has 2 aliphatic carbocycles. The zero-order valence-corrected chi connectivity index (χ0v) is 25.0. The summed E-state index contributed by atoms with van der Waals surface area (Å²) in [4.78, 5) is 0. The molecule has 0 aromatic heterocycles. The van der Waals surface area contributed by atoms with Crippen LogP contribution in [0.5, 0.6) is 0 Å². The van der Waals surface area contributed by atoms with Crippen molar-refractivity contribution in [3.05, 3.63) is 97.8 Å². The summed E-state index contributed by atoms with van der Waals surface area (Å²) in [6, 6.07) is 29.3. The Hall–Kier alpha value is -0.660. The first-order chi connectivity index (χ1) is 16.7. The van der Waals surface area contributed by atoms with Crippen molar-refractivity contribution >= 4 is 45.4 Å². The molecular formula is C30H36Cl2SiZr-4. The third-order valence-electron chi connectivity index (χ3n) is 5.73. The first-order valence-electron chi connectivity index (χ1n) is 12.4. The molecule has 4 aromatic carbocycles. The van der Waals surface area contributed by atoms with Gasteiger partial charge in [-0.3, -0.25) is 0 Å². The third kappa shape index (κ3) is 14.0. The topological polar surface area (TPSA) is 0 Å². The zero-order chi connectivity index (χ0) is 24.3. The van der Waals surface area contributed by atoms with Crippen LogP contribution in [0.2, 0.25) is 0 Å². The van der Waals surface area contributed by atoms with Crippen LogP contribution in [0.4, 0.5) is 0 Å². The number of hydrogen-bond acceptors (Lipinski definition) is 0. The standard InChI is InChI=1S/2C9H7.2C6H11.2ClH.Si.Zr/c2*1-2-5-9-7-3-6-8(9)4-1;2*1-2-4-6-5-3-1;;;;/h2*1-7H;2*1H,2-6H2;2*1H;;/q4*-1;;;;+2/p-2. The van der Waals surface area contributed by atoms with Gasteiger partial charge in [-0.1, -0.05) is 50.7 Å². The van der Waals surface area contributed by atoms with Gasteiger partial charge in [0.25, 0.3) is 0 Å². The van der Waals surface area contributed by atoms with Crippen LogP contribution in [-0.4, -0.2) is 6.88 Å². The monoisotopic (exact) mass is 584 g/mol. The molecule has 0 nitrogen and oxygen atoms in total. The molecule has 0 N–H and O–H groups in total. The molecule has 0 atom stereocenters. The van der Waals surface area contributed by atoms with E-state index in [2.05, 4.69) is 105 Å². The van der Waals surface area contributed by atoms with Gasteiger partial charge in [0, 0.05) is 0 Å². The minimum absolute atomic E-state index is 1.33. The fourth-order valence-corrected chi connectivity index (χ4v) is 3.94. The van der Waals surface area contributed by atoms with Crippen molar-refractivity contribution in [2.45, 2.75) is 64.2 Å². The second-order valence-corrected chi connectivity index (χ2v) is 22.0. The van der Waals surface area contributed by atoms with Gasteiger partial charge in [-0.15, -0.1) is 59.3 Å². The van der Waals surface area contributed by atoms with Crippen molar-refractivity contribution in [2.75, 3.05) is 0 Å². The minimum atomic E-state index is -1.79. The normalized spacial score (nSPS) is 14.6. The summed E-state index contributed by atoms with van der Waals surface area (Å²) in [7, 11) is 10.3. The van der Waals surface area contributed by atoms with E-state index in [9.17, 15) is 0 Å². The second-order valence-electron chi connectivity index (χ2n) is 8.42. The van der Waals surface area contributed by atoms with Crippen LogP contribution in [0.25, 0.3) is 21.5 Å². The van der Waals surface area contributed by atoms with Crippen LogP contribution in [0.15, 0.2) is 84.9 Å². The Morgan fingerprint density at radius 1 is 0.559 bits per heavy atom. The van der Waals surface area contributed by atoms with Crippen LogP contribution >= 0.6 is 17.0 Å².